The van der Waals surface area contributed by atoms with Crippen LogP contribution >= 0.6 is 23.2 Å². The van der Waals surface area contributed by atoms with Crippen molar-refractivity contribution < 1.29 is 8.42 Å². The number of rotatable bonds is 4. The van der Waals surface area contributed by atoms with Crippen LogP contribution < -0.4 is 5.56 Å². The lowest BCUT2D eigenvalue weighted by molar-refractivity contribution is 0.584. The molecule has 0 spiro atoms. The third-order valence-electron chi connectivity index (χ3n) is 8.71. The number of aliphatic imine (C=N–C) groups is 1. The minimum atomic E-state index is -3.25. The van der Waals surface area contributed by atoms with Crippen LogP contribution in [0.15, 0.2) is 75.6 Å². The molecule has 3 aliphatic heterocycles. The highest BCUT2D eigenvalue weighted by Gasteiger charge is 2.54. The van der Waals surface area contributed by atoms with Crippen molar-refractivity contribution in [1.29, 1.82) is 0 Å². The van der Waals surface area contributed by atoms with Gasteiger partial charge in [0.1, 0.15) is 0 Å². The van der Waals surface area contributed by atoms with Crippen LogP contribution in [0, 0.1) is 5.92 Å². The summed E-state index contributed by atoms with van der Waals surface area (Å²) in [4.78, 5) is 18.9. The van der Waals surface area contributed by atoms with E-state index in [0.29, 0.717) is 28.7 Å². The Bertz CT molecular complexity index is 2030. The molecule has 8 nitrogen and oxygen atoms in total. The van der Waals surface area contributed by atoms with Crippen LogP contribution in [0.4, 0.5) is 0 Å². The molecule has 0 N–H and O–H groups in total. The molecule has 11 heteroatoms. The molecule has 41 heavy (non-hydrogen) atoms. The van der Waals surface area contributed by atoms with Gasteiger partial charge in [-0.3, -0.25) is 9.79 Å². The molecule has 0 radical (unpaired) electrons. The van der Waals surface area contributed by atoms with Crippen molar-refractivity contribution in [3.63, 3.8) is 0 Å². The number of benzene rings is 2. The van der Waals surface area contributed by atoms with E-state index < -0.39 is 9.84 Å². The van der Waals surface area contributed by atoms with E-state index in [1.807, 2.05) is 35.0 Å². The first kappa shape index (κ1) is 25.2. The van der Waals surface area contributed by atoms with Crippen molar-refractivity contribution in [3.05, 3.63) is 98.3 Å². The molecule has 206 valence electrons. The zero-order valence-electron chi connectivity index (χ0n) is 21.7. The first-order valence-corrected chi connectivity index (χ1v) is 15.9. The zero-order valence-corrected chi connectivity index (χ0v) is 24.0. The van der Waals surface area contributed by atoms with Crippen LogP contribution in [-0.4, -0.2) is 39.4 Å². The zero-order chi connectivity index (χ0) is 28.0. The van der Waals surface area contributed by atoms with Gasteiger partial charge in [-0.05, 0) is 77.8 Å². The number of hydrogen-bond acceptors (Lipinski definition) is 6. The molecule has 3 atom stereocenters. The van der Waals surface area contributed by atoms with Gasteiger partial charge in [0.05, 0.1) is 28.6 Å². The standard InChI is InChI=1S/C30H23Cl2N5O3S/c31-20-5-6-25(36-15-28(32)34-35-36)21(12-20)18-9-26-22-13-23(22)30(37(26)29(38)11-18)24-8-19(14-33-24)17-4-3-16-2-1-7-41(39,40)27(16)10-17/h3-6,9-12,14-15,22-23,30H,1-2,7-8,13H2/t22-,23+,30+/m1/s1. The second kappa shape index (κ2) is 8.98. The maximum Gasteiger partial charge on any atom is 0.251 e. The molecule has 0 bridgehead atoms. The third-order valence-corrected chi connectivity index (χ3v) is 11.0. The van der Waals surface area contributed by atoms with Crippen LogP contribution in [0.2, 0.25) is 10.2 Å². The van der Waals surface area contributed by atoms with Crippen LogP contribution in [0.25, 0.3) is 22.4 Å². The Balaban J connectivity index is 1.12. The Morgan fingerprint density at radius 3 is 2.71 bits per heavy atom. The Hall–Kier alpha value is -3.53. The van der Waals surface area contributed by atoms with E-state index in [2.05, 4.69) is 16.4 Å². The molecule has 5 heterocycles. The first-order valence-electron chi connectivity index (χ1n) is 13.5. The summed E-state index contributed by atoms with van der Waals surface area (Å²) < 4.78 is 28.8. The van der Waals surface area contributed by atoms with Crippen LogP contribution in [-0.2, 0) is 16.3 Å². The number of sulfone groups is 1. The molecule has 0 unspecified atom stereocenters. The molecular formula is C30H23Cl2N5O3S. The largest absolute Gasteiger partial charge is 0.303 e. The highest BCUT2D eigenvalue weighted by atomic mass is 35.5. The fraction of sp³-hybridized carbons (Fsp3) is 0.267. The quantitative estimate of drug-likeness (QED) is 0.299. The van der Waals surface area contributed by atoms with Crippen molar-refractivity contribution in [2.24, 2.45) is 10.9 Å². The SMILES string of the molecule is O=c1cc(-c2cc(Cl)ccc2-n2cc(Cl)nn2)cc2n1[C@H](C1=NC=C(c3ccc4c(c3)S(=O)(=O)CCC4)C1)[C@H]1C[C@@H]21. The number of fused-ring (bicyclic) bond motifs is 4. The molecule has 2 aromatic carbocycles. The summed E-state index contributed by atoms with van der Waals surface area (Å²) in [6, 6.07) is 14.8. The van der Waals surface area contributed by atoms with Gasteiger partial charge in [-0.2, -0.15) is 0 Å². The summed E-state index contributed by atoms with van der Waals surface area (Å²) >= 11 is 12.4. The number of allylic oxidation sites excluding steroid dienone is 1. The second-order valence-electron chi connectivity index (χ2n) is 11.2. The van der Waals surface area contributed by atoms with Gasteiger partial charge in [-0.15, -0.1) is 5.10 Å². The number of pyridine rings is 1. The average molecular weight is 605 g/mol. The molecule has 1 aliphatic carbocycles. The maximum absolute atomic E-state index is 13.7. The van der Waals surface area contributed by atoms with E-state index in [-0.39, 0.29) is 28.4 Å². The van der Waals surface area contributed by atoms with E-state index in [1.54, 1.807) is 29.1 Å². The van der Waals surface area contributed by atoms with Crippen LogP contribution in [0.1, 0.15) is 48.0 Å². The van der Waals surface area contributed by atoms with Crippen LogP contribution in [0.5, 0.6) is 0 Å². The van der Waals surface area contributed by atoms with E-state index >= 15 is 0 Å². The molecule has 0 saturated heterocycles. The van der Waals surface area contributed by atoms with Crippen molar-refractivity contribution in [3.8, 4) is 16.8 Å². The van der Waals surface area contributed by atoms with Gasteiger partial charge in [-0.1, -0.05) is 40.5 Å². The van der Waals surface area contributed by atoms with Gasteiger partial charge in [0.2, 0.25) is 0 Å². The molecule has 8 rings (SSSR count). The topological polar surface area (TPSA) is 99.2 Å². The highest BCUT2D eigenvalue weighted by Crippen LogP contribution is 2.60. The average Bonchev–Trinajstić information content (AvgIpc) is 3.24. The fourth-order valence-electron chi connectivity index (χ4n) is 6.75. The molecule has 4 aromatic rings. The Morgan fingerprint density at radius 1 is 1.00 bits per heavy atom. The summed E-state index contributed by atoms with van der Waals surface area (Å²) in [5.74, 6) is 0.804. The van der Waals surface area contributed by atoms with Crippen molar-refractivity contribution in [2.75, 3.05) is 5.75 Å². The Morgan fingerprint density at radius 2 is 1.88 bits per heavy atom. The van der Waals surface area contributed by atoms with Crippen LogP contribution in [0.3, 0.4) is 0 Å². The monoisotopic (exact) mass is 603 g/mol. The van der Waals surface area contributed by atoms with E-state index in [0.717, 1.165) is 57.8 Å². The smallest absolute Gasteiger partial charge is 0.251 e. The lowest BCUT2D eigenvalue weighted by Crippen LogP contribution is -2.29. The predicted molar refractivity (Wildman–Crippen MR) is 158 cm³/mol. The van der Waals surface area contributed by atoms with Gasteiger partial charge in [0.25, 0.3) is 5.56 Å². The highest BCUT2D eigenvalue weighted by molar-refractivity contribution is 7.91. The molecule has 2 aromatic heterocycles. The van der Waals surface area contributed by atoms with E-state index in [1.165, 1.54) is 0 Å². The van der Waals surface area contributed by atoms with Gasteiger partial charge < -0.3 is 4.57 Å². The summed E-state index contributed by atoms with van der Waals surface area (Å²) in [7, 11) is -3.25. The number of aromatic nitrogens is 4. The Labute approximate surface area is 245 Å². The minimum Gasteiger partial charge on any atom is -0.303 e. The summed E-state index contributed by atoms with van der Waals surface area (Å²) in [5.41, 5.74) is 6.86. The van der Waals surface area contributed by atoms with Gasteiger partial charge in [0.15, 0.2) is 15.0 Å². The number of aryl methyl sites for hydroxylation is 1. The van der Waals surface area contributed by atoms with Gasteiger partial charge >= 0.3 is 0 Å². The number of hydrogen-bond donors (Lipinski definition) is 0. The normalized spacial score (nSPS) is 23.4. The molecule has 1 saturated carbocycles. The summed E-state index contributed by atoms with van der Waals surface area (Å²) in [6.45, 7) is 0. The fourth-order valence-corrected chi connectivity index (χ4v) is 8.67. The minimum absolute atomic E-state index is 0.0896. The predicted octanol–water partition coefficient (Wildman–Crippen LogP) is 5.67. The lowest BCUT2D eigenvalue weighted by atomic mass is 9.96. The molecular weight excluding hydrogens is 581 g/mol. The third kappa shape index (κ3) is 4.05. The van der Waals surface area contributed by atoms with Crippen molar-refractivity contribution in [1.82, 2.24) is 19.6 Å². The Kier molecular flexibility index (Phi) is 5.52. The molecule has 0 amide bonds. The summed E-state index contributed by atoms with van der Waals surface area (Å²) in [5, 5.41) is 8.80. The number of nitrogens with zero attached hydrogens (tertiary/aromatic N) is 5. The van der Waals surface area contributed by atoms with Gasteiger partial charge in [0, 0.05) is 46.6 Å². The van der Waals surface area contributed by atoms with E-state index in [4.69, 9.17) is 28.2 Å². The maximum atomic E-state index is 13.7. The lowest BCUT2D eigenvalue weighted by Gasteiger charge is -2.20. The first-order chi connectivity index (χ1) is 19.8. The van der Waals surface area contributed by atoms with Crippen molar-refractivity contribution >= 4 is 44.3 Å². The van der Waals surface area contributed by atoms with Gasteiger partial charge in [-0.25, -0.2) is 13.1 Å². The number of halogens is 2. The summed E-state index contributed by atoms with van der Waals surface area (Å²) in [6.07, 6.45) is 6.49. The second-order valence-corrected chi connectivity index (χ2v) is 14.1. The van der Waals surface area contributed by atoms with E-state index in [9.17, 15) is 13.2 Å². The molecule has 1 fully saturated rings. The molecule has 4 aliphatic rings. The van der Waals surface area contributed by atoms with Crippen molar-refractivity contribution in [2.45, 2.75) is 42.5 Å².